The van der Waals surface area contributed by atoms with Crippen molar-refractivity contribution in [3.8, 4) is 11.3 Å². The molecule has 0 atom stereocenters. The van der Waals surface area contributed by atoms with Gasteiger partial charge in [0.1, 0.15) is 0 Å². The molecule has 3 aromatic rings. The van der Waals surface area contributed by atoms with E-state index in [-0.39, 0.29) is 5.28 Å². The lowest BCUT2D eigenvalue weighted by molar-refractivity contribution is 0.686. The Morgan fingerprint density at radius 3 is 2.74 bits per heavy atom. The van der Waals surface area contributed by atoms with E-state index in [9.17, 15) is 0 Å². The highest BCUT2D eigenvalue weighted by Crippen LogP contribution is 2.19. The van der Waals surface area contributed by atoms with Gasteiger partial charge in [-0.25, -0.2) is 9.97 Å². The van der Waals surface area contributed by atoms with Gasteiger partial charge in [-0.1, -0.05) is 24.3 Å². The Bertz CT molecular complexity index is 762. The number of hydrogen-bond donors (Lipinski definition) is 1. The van der Waals surface area contributed by atoms with Gasteiger partial charge < -0.3 is 5.32 Å². The third-order valence-corrected chi connectivity index (χ3v) is 3.67. The average Bonchev–Trinajstić information content (AvgIpc) is 2.60. The molecule has 1 N–H and O–H groups in total. The van der Waals surface area contributed by atoms with E-state index < -0.39 is 0 Å². The highest BCUT2D eigenvalue weighted by Gasteiger charge is 2.02. The van der Waals surface area contributed by atoms with Crippen LogP contribution in [0.3, 0.4) is 0 Å². The Hall–Kier alpha value is -2.30. The van der Waals surface area contributed by atoms with Crippen LogP contribution in [0.5, 0.6) is 0 Å². The summed E-state index contributed by atoms with van der Waals surface area (Å²) in [6, 6.07) is 14.2. The van der Waals surface area contributed by atoms with Gasteiger partial charge in [0.05, 0.1) is 5.69 Å². The smallest absolute Gasteiger partial charge is 0.222 e. The van der Waals surface area contributed by atoms with E-state index in [2.05, 4.69) is 38.5 Å². The number of benzene rings is 1. The first kappa shape index (κ1) is 15.6. The molecule has 0 bridgehead atoms. The lowest BCUT2D eigenvalue weighted by Crippen LogP contribution is -2.16. The van der Waals surface area contributed by atoms with Crippen LogP contribution < -0.4 is 5.32 Å². The molecule has 4 nitrogen and oxygen atoms in total. The highest BCUT2D eigenvalue weighted by molar-refractivity contribution is 6.28. The lowest BCUT2D eigenvalue weighted by Gasteiger charge is -2.07. The third-order valence-electron chi connectivity index (χ3n) is 3.49. The van der Waals surface area contributed by atoms with Crippen LogP contribution in [0.1, 0.15) is 11.1 Å². The number of aromatic nitrogens is 3. The van der Waals surface area contributed by atoms with Crippen LogP contribution in [0, 0.1) is 0 Å². The molecule has 2 heterocycles. The summed E-state index contributed by atoms with van der Waals surface area (Å²) in [7, 11) is 0. The maximum Gasteiger partial charge on any atom is 0.222 e. The van der Waals surface area contributed by atoms with Crippen LogP contribution in [0.25, 0.3) is 11.3 Å². The summed E-state index contributed by atoms with van der Waals surface area (Å²) in [6.07, 6.45) is 6.33. The van der Waals surface area contributed by atoms with Gasteiger partial charge >= 0.3 is 0 Å². The van der Waals surface area contributed by atoms with Crippen LogP contribution >= 0.6 is 11.6 Å². The summed E-state index contributed by atoms with van der Waals surface area (Å²) in [6.45, 7) is 1.72. The van der Waals surface area contributed by atoms with Crippen LogP contribution in [0.4, 0.5) is 0 Å². The van der Waals surface area contributed by atoms with E-state index in [4.69, 9.17) is 11.6 Å². The van der Waals surface area contributed by atoms with Crippen LogP contribution in [-0.4, -0.2) is 21.5 Å². The Morgan fingerprint density at radius 1 is 1.00 bits per heavy atom. The van der Waals surface area contributed by atoms with Gasteiger partial charge in [-0.2, -0.15) is 0 Å². The summed E-state index contributed by atoms with van der Waals surface area (Å²) in [5, 5.41) is 3.72. The molecule has 116 valence electrons. The van der Waals surface area contributed by atoms with Crippen molar-refractivity contribution in [1.29, 1.82) is 0 Å². The van der Waals surface area contributed by atoms with Gasteiger partial charge in [0.25, 0.3) is 0 Å². The number of rotatable bonds is 6. The second kappa shape index (κ2) is 7.81. The molecule has 0 fully saturated rings. The van der Waals surface area contributed by atoms with Gasteiger partial charge in [0.15, 0.2) is 0 Å². The van der Waals surface area contributed by atoms with Gasteiger partial charge in [-0.3, -0.25) is 4.98 Å². The predicted molar refractivity (Wildman–Crippen MR) is 92.1 cm³/mol. The summed E-state index contributed by atoms with van der Waals surface area (Å²) in [5.41, 5.74) is 4.33. The SMILES string of the molecule is Clc1nccc(-c2cccc(CNCCc3cccnc3)c2)n1. The third kappa shape index (κ3) is 4.58. The number of pyridine rings is 1. The van der Waals surface area contributed by atoms with E-state index in [1.54, 1.807) is 12.4 Å². The fourth-order valence-corrected chi connectivity index (χ4v) is 2.50. The van der Waals surface area contributed by atoms with Crippen LogP contribution in [0.15, 0.2) is 61.1 Å². The quantitative estimate of drug-likeness (QED) is 0.557. The largest absolute Gasteiger partial charge is 0.312 e. The molecule has 3 rings (SSSR count). The topological polar surface area (TPSA) is 50.7 Å². The summed E-state index contributed by atoms with van der Waals surface area (Å²) < 4.78 is 0. The van der Waals surface area contributed by atoms with Crippen LogP contribution in [0.2, 0.25) is 5.28 Å². The molecule has 0 spiro atoms. The zero-order valence-corrected chi connectivity index (χ0v) is 13.4. The Morgan fingerprint density at radius 2 is 1.91 bits per heavy atom. The molecule has 0 aliphatic heterocycles. The fraction of sp³-hybridized carbons (Fsp3) is 0.167. The van der Waals surface area contributed by atoms with Crippen molar-refractivity contribution in [1.82, 2.24) is 20.3 Å². The van der Waals surface area contributed by atoms with Crippen molar-refractivity contribution < 1.29 is 0 Å². The molecular weight excluding hydrogens is 308 g/mol. The van der Waals surface area contributed by atoms with E-state index in [1.807, 2.05) is 30.5 Å². The van der Waals surface area contributed by atoms with Gasteiger partial charge in [-0.15, -0.1) is 0 Å². The van der Waals surface area contributed by atoms with Crippen molar-refractivity contribution in [3.63, 3.8) is 0 Å². The van der Waals surface area contributed by atoms with E-state index in [0.717, 1.165) is 30.8 Å². The molecule has 0 saturated carbocycles. The molecule has 0 radical (unpaired) electrons. The molecule has 0 unspecified atom stereocenters. The van der Waals surface area contributed by atoms with Gasteiger partial charge in [0.2, 0.25) is 5.28 Å². The number of nitrogens with zero attached hydrogens (tertiary/aromatic N) is 3. The van der Waals surface area contributed by atoms with Crippen molar-refractivity contribution in [3.05, 3.63) is 77.5 Å². The standard InChI is InChI=1S/C18H17ClN4/c19-18-22-10-7-17(23-18)16-5-1-3-15(11-16)13-21-9-6-14-4-2-8-20-12-14/h1-5,7-8,10-12,21H,6,9,13H2. The highest BCUT2D eigenvalue weighted by atomic mass is 35.5. The maximum absolute atomic E-state index is 5.86. The van der Waals surface area contributed by atoms with Crippen molar-refractivity contribution >= 4 is 11.6 Å². The minimum absolute atomic E-state index is 0.266. The molecule has 0 amide bonds. The molecule has 2 aromatic heterocycles. The van der Waals surface area contributed by atoms with E-state index in [0.29, 0.717) is 0 Å². The second-order valence-corrected chi connectivity index (χ2v) is 5.54. The van der Waals surface area contributed by atoms with Crippen molar-refractivity contribution in [2.24, 2.45) is 0 Å². The molecular formula is C18H17ClN4. The van der Waals surface area contributed by atoms with Crippen molar-refractivity contribution in [2.75, 3.05) is 6.54 Å². The monoisotopic (exact) mass is 324 g/mol. The predicted octanol–water partition coefficient (Wildman–Crippen LogP) is 3.52. The summed E-state index contributed by atoms with van der Waals surface area (Å²) >= 11 is 5.86. The molecule has 1 aromatic carbocycles. The first-order valence-electron chi connectivity index (χ1n) is 7.49. The first-order chi connectivity index (χ1) is 11.3. The second-order valence-electron chi connectivity index (χ2n) is 5.20. The number of nitrogens with one attached hydrogen (secondary N) is 1. The van der Waals surface area contributed by atoms with E-state index >= 15 is 0 Å². The molecule has 23 heavy (non-hydrogen) atoms. The molecule has 0 saturated heterocycles. The normalized spacial score (nSPS) is 10.7. The maximum atomic E-state index is 5.86. The number of hydrogen-bond acceptors (Lipinski definition) is 4. The number of halogens is 1. The zero-order chi connectivity index (χ0) is 15.9. The van der Waals surface area contributed by atoms with E-state index in [1.165, 1.54) is 11.1 Å². The Labute approximate surface area is 140 Å². The lowest BCUT2D eigenvalue weighted by atomic mass is 10.1. The van der Waals surface area contributed by atoms with Gasteiger partial charge in [-0.05, 0) is 53.9 Å². The molecule has 0 aliphatic rings. The molecule has 0 aliphatic carbocycles. The minimum Gasteiger partial charge on any atom is -0.312 e. The summed E-state index contributed by atoms with van der Waals surface area (Å²) in [4.78, 5) is 12.3. The van der Waals surface area contributed by atoms with Crippen LogP contribution in [-0.2, 0) is 13.0 Å². The Balaban J connectivity index is 1.58. The fourth-order valence-electron chi connectivity index (χ4n) is 2.35. The van der Waals surface area contributed by atoms with Crippen molar-refractivity contribution in [2.45, 2.75) is 13.0 Å². The minimum atomic E-state index is 0.266. The zero-order valence-electron chi connectivity index (χ0n) is 12.6. The van der Waals surface area contributed by atoms with Gasteiger partial charge in [0, 0.05) is 30.7 Å². The average molecular weight is 325 g/mol. The summed E-state index contributed by atoms with van der Waals surface area (Å²) in [5.74, 6) is 0. The Kier molecular flexibility index (Phi) is 5.29. The molecule has 5 heteroatoms. The first-order valence-corrected chi connectivity index (χ1v) is 7.86.